The molecule has 4 unspecified atom stereocenters. The lowest BCUT2D eigenvalue weighted by Gasteiger charge is -2.20. The van der Waals surface area contributed by atoms with E-state index >= 15 is 0 Å². The SMILES string of the molecule is CI.COC(COCC(COCC1COC(C)(C)O1)OC)COCC1CO1. The highest BCUT2D eigenvalue weighted by molar-refractivity contribution is 14.1. The number of ether oxygens (including phenoxy) is 8. The summed E-state index contributed by atoms with van der Waals surface area (Å²) in [6.45, 7) is 7.99. The molecule has 2 saturated heterocycles. The van der Waals surface area contributed by atoms with Crippen LogP contribution >= 0.6 is 22.6 Å². The molecule has 0 bridgehead atoms. The number of rotatable bonds is 14. The van der Waals surface area contributed by atoms with Gasteiger partial charge in [-0.3, -0.25) is 0 Å². The van der Waals surface area contributed by atoms with Crippen LogP contribution in [0, 0.1) is 0 Å². The molecule has 0 spiro atoms. The van der Waals surface area contributed by atoms with Crippen molar-refractivity contribution >= 4 is 22.6 Å². The topological polar surface area (TPSA) is 77.1 Å². The average molecular weight is 506 g/mol. The summed E-state index contributed by atoms with van der Waals surface area (Å²) >= 11 is 2.15. The Balaban J connectivity index is 0.00000176. The Morgan fingerprint density at radius 2 is 1.33 bits per heavy atom. The third-order valence-electron chi connectivity index (χ3n) is 3.96. The Labute approximate surface area is 176 Å². The number of methoxy groups -OCH3 is 2. The van der Waals surface area contributed by atoms with E-state index in [1.807, 2.05) is 18.8 Å². The lowest BCUT2D eigenvalue weighted by Crippen LogP contribution is -2.31. The van der Waals surface area contributed by atoms with Crippen LogP contribution in [-0.4, -0.2) is 102 Å². The molecule has 0 aromatic rings. The van der Waals surface area contributed by atoms with Crippen molar-refractivity contribution in [1.82, 2.24) is 0 Å². The molecular formula is C18H35IO8. The van der Waals surface area contributed by atoms with Gasteiger partial charge in [0, 0.05) is 14.2 Å². The Morgan fingerprint density at radius 1 is 0.852 bits per heavy atom. The van der Waals surface area contributed by atoms with Gasteiger partial charge in [-0.15, -0.1) is 0 Å². The van der Waals surface area contributed by atoms with Crippen molar-refractivity contribution in [2.24, 2.45) is 0 Å². The normalized spacial score (nSPS) is 25.6. The molecule has 27 heavy (non-hydrogen) atoms. The van der Waals surface area contributed by atoms with Crippen LogP contribution in [0.5, 0.6) is 0 Å². The Hall–Kier alpha value is 0.410. The summed E-state index contributed by atoms with van der Waals surface area (Å²) in [5.41, 5.74) is 0. The molecule has 0 N–H and O–H groups in total. The van der Waals surface area contributed by atoms with Gasteiger partial charge >= 0.3 is 0 Å². The summed E-state index contributed by atoms with van der Waals surface area (Å²) in [5, 5.41) is 0. The average Bonchev–Trinajstić information content (AvgIpc) is 3.42. The van der Waals surface area contributed by atoms with E-state index in [4.69, 9.17) is 37.9 Å². The summed E-state index contributed by atoms with van der Waals surface area (Å²) in [4.78, 5) is 1.97. The van der Waals surface area contributed by atoms with E-state index in [0.717, 1.165) is 6.61 Å². The van der Waals surface area contributed by atoms with E-state index in [-0.39, 0.29) is 24.4 Å². The largest absolute Gasteiger partial charge is 0.377 e. The first-order chi connectivity index (χ1) is 13.0. The van der Waals surface area contributed by atoms with E-state index in [2.05, 4.69) is 22.6 Å². The van der Waals surface area contributed by atoms with E-state index in [9.17, 15) is 0 Å². The highest BCUT2D eigenvalue weighted by atomic mass is 127. The van der Waals surface area contributed by atoms with Gasteiger partial charge in [-0.1, -0.05) is 22.6 Å². The Morgan fingerprint density at radius 3 is 1.74 bits per heavy atom. The van der Waals surface area contributed by atoms with Gasteiger partial charge in [-0.05, 0) is 18.8 Å². The summed E-state index contributed by atoms with van der Waals surface area (Å²) in [5.74, 6) is -0.527. The van der Waals surface area contributed by atoms with Crippen LogP contribution in [-0.2, 0) is 37.9 Å². The third-order valence-corrected chi connectivity index (χ3v) is 3.96. The standard InChI is InChI=1S/C17H32O8.CH3I/c1-17(2)24-12-16(25-17)10-22-8-14(19-4)6-20-5-13(18-3)7-21-9-15-11-23-15;1-2/h13-16H,5-12H2,1-4H3;1H3. The van der Waals surface area contributed by atoms with Gasteiger partial charge < -0.3 is 37.9 Å². The summed E-state index contributed by atoms with van der Waals surface area (Å²) in [6, 6.07) is 0. The molecule has 162 valence electrons. The van der Waals surface area contributed by atoms with Crippen LogP contribution in [0.2, 0.25) is 0 Å². The van der Waals surface area contributed by atoms with Gasteiger partial charge in [-0.2, -0.15) is 0 Å². The third kappa shape index (κ3) is 11.9. The summed E-state index contributed by atoms with van der Waals surface area (Å²) in [6.07, 6.45) is -0.0378. The van der Waals surface area contributed by atoms with Gasteiger partial charge in [0.1, 0.15) is 24.4 Å². The molecule has 2 rings (SSSR count). The van der Waals surface area contributed by atoms with Crippen molar-refractivity contribution < 1.29 is 37.9 Å². The number of hydrogen-bond donors (Lipinski definition) is 0. The molecule has 4 atom stereocenters. The minimum absolute atomic E-state index is 0.0427. The summed E-state index contributed by atoms with van der Waals surface area (Å²) < 4.78 is 43.9. The second-order valence-electron chi connectivity index (χ2n) is 6.73. The first kappa shape index (κ1) is 25.4. The van der Waals surface area contributed by atoms with Gasteiger partial charge in [0.15, 0.2) is 5.79 Å². The predicted molar refractivity (Wildman–Crippen MR) is 109 cm³/mol. The Bertz CT molecular complexity index is 367. The van der Waals surface area contributed by atoms with Crippen molar-refractivity contribution in [3.05, 3.63) is 0 Å². The summed E-state index contributed by atoms with van der Waals surface area (Å²) in [7, 11) is 3.29. The van der Waals surface area contributed by atoms with E-state index in [1.165, 1.54) is 0 Å². The highest BCUT2D eigenvalue weighted by Crippen LogP contribution is 2.22. The molecule has 0 saturated carbocycles. The van der Waals surface area contributed by atoms with Gasteiger partial charge in [0.25, 0.3) is 0 Å². The number of alkyl halides is 1. The van der Waals surface area contributed by atoms with Crippen LogP contribution in [0.1, 0.15) is 13.8 Å². The number of epoxide rings is 1. The fourth-order valence-electron chi connectivity index (χ4n) is 2.37. The zero-order chi connectivity index (χ0) is 20.1. The van der Waals surface area contributed by atoms with Crippen LogP contribution in [0.3, 0.4) is 0 Å². The Kier molecular flexibility index (Phi) is 13.6. The van der Waals surface area contributed by atoms with Crippen molar-refractivity contribution in [1.29, 1.82) is 0 Å². The first-order valence-electron chi connectivity index (χ1n) is 9.12. The van der Waals surface area contributed by atoms with E-state index in [1.54, 1.807) is 14.2 Å². The number of halogens is 1. The second-order valence-corrected chi connectivity index (χ2v) is 6.73. The van der Waals surface area contributed by atoms with E-state index < -0.39 is 5.79 Å². The molecule has 0 amide bonds. The van der Waals surface area contributed by atoms with Gasteiger partial charge in [0.2, 0.25) is 0 Å². The molecule has 2 aliphatic heterocycles. The van der Waals surface area contributed by atoms with Crippen LogP contribution in [0.4, 0.5) is 0 Å². The van der Waals surface area contributed by atoms with Crippen molar-refractivity contribution in [3.8, 4) is 0 Å². The number of hydrogen-bond acceptors (Lipinski definition) is 8. The van der Waals surface area contributed by atoms with Gasteiger partial charge in [0.05, 0.1) is 52.9 Å². The van der Waals surface area contributed by atoms with Gasteiger partial charge in [-0.25, -0.2) is 0 Å². The highest BCUT2D eigenvalue weighted by Gasteiger charge is 2.32. The fraction of sp³-hybridized carbons (Fsp3) is 1.00. The zero-order valence-corrected chi connectivity index (χ0v) is 19.3. The molecule has 2 aliphatic rings. The maximum absolute atomic E-state index is 5.69. The molecule has 9 heteroatoms. The van der Waals surface area contributed by atoms with Crippen molar-refractivity contribution in [2.45, 2.75) is 44.1 Å². The predicted octanol–water partition coefficient (Wildman–Crippen LogP) is 1.67. The maximum atomic E-state index is 5.69. The van der Waals surface area contributed by atoms with Crippen LogP contribution in [0.25, 0.3) is 0 Å². The van der Waals surface area contributed by atoms with Crippen LogP contribution < -0.4 is 0 Å². The molecule has 0 aliphatic carbocycles. The zero-order valence-electron chi connectivity index (χ0n) is 17.1. The lowest BCUT2D eigenvalue weighted by molar-refractivity contribution is -0.147. The molecule has 0 aromatic heterocycles. The van der Waals surface area contributed by atoms with Crippen LogP contribution in [0.15, 0.2) is 0 Å². The molecule has 2 heterocycles. The quantitative estimate of drug-likeness (QED) is 0.200. The molecule has 8 nitrogen and oxygen atoms in total. The monoisotopic (exact) mass is 506 g/mol. The van der Waals surface area contributed by atoms with Crippen molar-refractivity contribution in [3.63, 3.8) is 0 Å². The minimum atomic E-state index is -0.527. The lowest BCUT2D eigenvalue weighted by atomic mass is 10.3. The molecular weight excluding hydrogens is 471 g/mol. The second kappa shape index (κ2) is 14.4. The molecule has 0 radical (unpaired) electrons. The smallest absolute Gasteiger partial charge is 0.163 e. The van der Waals surface area contributed by atoms with E-state index in [0.29, 0.717) is 46.2 Å². The minimum Gasteiger partial charge on any atom is -0.377 e. The first-order valence-corrected chi connectivity index (χ1v) is 11.3. The molecule has 2 fully saturated rings. The molecule has 0 aromatic carbocycles. The maximum Gasteiger partial charge on any atom is 0.163 e. The fourth-order valence-corrected chi connectivity index (χ4v) is 2.37. The van der Waals surface area contributed by atoms with Crippen molar-refractivity contribution in [2.75, 3.05) is 72.0 Å².